The Morgan fingerprint density at radius 3 is 2.74 bits per heavy atom. The first kappa shape index (κ1) is 19.2. The highest BCUT2D eigenvalue weighted by molar-refractivity contribution is 5.80. The molecule has 0 unspecified atom stereocenters. The normalized spacial score (nSPS) is 13.5. The molecular weight excluding hydrogens is 394 g/mol. The van der Waals surface area contributed by atoms with Gasteiger partial charge in [-0.1, -0.05) is 23.4 Å². The second-order valence-corrected chi connectivity index (χ2v) is 7.80. The first-order valence-electron chi connectivity index (χ1n) is 10.2. The van der Waals surface area contributed by atoms with Gasteiger partial charge in [0.1, 0.15) is 17.8 Å². The maximum Gasteiger partial charge on any atom is 0.227 e. The zero-order chi connectivity index (χ0) is 21.5. The number of rotatable bonds is 4. The molecule has 9 nitrogen and oxygen atoms in total. The highest BCUT2D eigenvalue weighted by Gasteiger charge is 2.30. The third-order valence-electron chi connectivity index (χ3n) is 5.90. The average Bonchev–Trinajstić information content (AvgIpc) is 3.48. The van der Waals surface area contributed by atoms with Crippen LogP contribution < -0.4 is 0 Å². The summed E-state index contributed by atoms with van der Waals surface area (Å²) in [5.74, 6) is 1.42. The van der Waals surface area contributed by atoms with E-state index in [2.05, 4.69) is 15.4 Å². The molecule has 0 spiro atoms. The first-order chi connectivity index (χ1) is 15.0. The number of hydrogen-bond donors (Lipinski definition) is 0. The molecule has 0 saturated carbocycles. The van der Waals surface area contributed by atoms with Crippen LogP contribution in [0.4, 0.5) is 0 Å². The monoisotopic (exact) mass is 417 g/mol. The molecule has 1 aliphatic heterocycles. The number of carbonyl (C=O) groups is 1. The van der Waals surface area contributed by atoms with Gasteiger partial charge in [-0.05, 0) is 26.0 Å². The molecule has 0 radical (unpaired) electrons. The van der Waals surface area contributed by atoms with Crippen LogP contribution in [0.5, 0.6) is 0 Å². The lowest BCUT2D eigenvalue weighted by Gasteiger charge is -2.27. The van der Waals surface area contributed by atoms with Gasteiger partial charge in [0.05, 0.1) is 12.1 Å². The van der Waals surface area contributed by atoms with Crippen LogP contribution in [0.15, 0.2) is 41.2 Å². The molecule has 4 aromatic rings. The fraction of sp³-hybridized carbons (Fsp3) is 0.318. The van der Waals surface area contributed by atoms with Gasteiger partial charge in [-0.25, -0.2) is 0 Å². The van der Waals surface area contributed by atoms with Crippen molar-refractivity contribution in [2.24, 2.45) is 7.05 Å². The van der Waals surface area contributed by atoms with Crippen molar-refractivity contribution in [3.8, 4) is 17.2 Å². The molecule has 0 fully saturated rings. The fourth-order valence-corrected chi connectivity index (χ4v) is 4.18. The lowest BCUT2D eigenvalue weighted by molar-refractivity contribution is -0.131. The summed E-state index contributed by atoms with van der Waals surface area (Å²) >= 11 is 0. The third-order valence-corrected chi connectivity index (χ3v) is 5.90. The zero-order valence-corrected chi connectivity index (χ0v) is 17.7. The molecular formula is C22H23N7O2. The number of amides is 1. The Hall–Kier alpha value is -3.75. The fourth-order valence-electron chi connectivity index (χ4n) is 4.18. The van der Waals surface area contributed by atoms with Crippen molar-refractivity contribution >= 4 is 5.91 Å². The summed E-state index contributed by atoms with van der Waals surface area (Å²) in [7, 11) is 1.94. The Labute approximate surface area is 179 Å². The molecule has 31 heavy (non-hydrogen) atoms. The first-order valence-corrected chi connectivity index (χ1v) is 10.2. The summed E-state index contributed by atoms with van der Waals surface area (Å²) in [6, 6.07) is 9.92. The summed E-state index contributed by atoms with van der Waals surface area (Å²) < 4.78 is 9.03. The number of aromatic nitrogens is 6. The minimum atomic E-state index is 0.0550. The maximum atomic E-state index is 13.1. The number of hydrogen-bond acceptors (Lipinski definition) is 6. The van der Waals surface area contributed by atoms with Crippen LogP contribution in [-0.2, 0) is 31.2 Å². The van der Waals surface area contributed by atoms with Crippen molar-refractivity contribution in [2.75, 3.05) is 6.54 Å². The van der Waals surface area contributed by atoms with Gasteiger partial charge in [-0.3, -0.25) is 14.0 Å². The lowest BCUT2D eigenvalue weighted by atomic mass is 10.0. The molecule has 0 saturated heterocycles. The molecule has 1 amide bonds. The van der Waals surface area contributed by atoms with E-state index in [1.807, 2.05) is 65.4 Å². The highest BCUT2D eigenvalue weighted by atomic mass is 16.5. The van der Waals surface area contributed by atoms with Gasteiger partial charge in [0.25, 0.3) is 0 Å². The van der Waals surface area contributed by atoms with E-state index < -0.39 is 0 Å². The Morgan fingerprint density at radius 1 is 1.19 bits per heavy atom. The van der Waals surface area contributed by atoms with Crippen LogP contribution in [0, 0.1) is 13.8 Å². The molecule has 1 aromatic carbocycles. The molecule has 1 aliphatic rings. The molecule has 0 aliphatic carbocycles. The van der Waals surface area contributed by atoms with Crippen molar-refractivity contribution in [3.05, 3.63) is 64.9 Å². The Bertz CT molecular complexity index is 1230. The Morgan fingerprint density at radius 2 is 2.00 bits per heavy atom. The van der Waals surface area contributed by atoms with Crippen molar-refractivity contribution < 1.29 is 9.32 Å². The van der Waals surface area contributed by atoms with Crippen LogP contribution in [0.25, 0.3) is 17.2 Å². The Kier molecular flexibility index (Phi) is 4.65. The molecule has 3 aromatic heterocycles. The van der Waals surface area contributed by atoms with Gasteiger partial charge in [-0.15, -0.1) is 10.2 Å². The molecule has 0 atom stereocenters. The van der Waals surface area contributed by atoms with Crippen molar-refractivity contribution in [3.63, 3.8) is 0 Å². The lowest BCUT2D eigenvalue weighted by Crippen LogP contribution is -2.37. The van der Waals surface area contributed by atoms with Gasteiger partial charge in [-0.2, -0.15) is 5.10 Å². The maximum absolute atomic E-state index is 13.1. The van der Waals surface area contributed by atoms with Gasteiger partial charge < -0.3 is 9.42 Å². The van der Waals surface area contributed by atoms with E-state index in [0.29, 0.717) is 24.7 Å². The average molecular weight is 417 g/mol. The summed E-state index contributed by atoms with van der Waals surface area (Å²) in [4.78, 5) is 14.9. The molecule has 158 valence electrons. The molecule has 0 bridgehead atoms. The van der Waals surface area contributed by atoms with Crippen molar-refractivity contribution in [2.45, 2.75) is 33.2 Å². The largest absolute Gasteiger partial charge is 0.361 e. The van der Waals surface area contributed by atoms with Crippen LogP contribution in [0.3, 0.4) is 0 Å². The standard InChI is InChI=1S/C22H23N7O2/c1-14-17(15(2)31-26-14)11-20(30)28-10-9-19-18(12-28)21(25-27(19)3)22-24-23-13-29(22)16-7-5-4-6-8-16/h4-8,13H,9-12H2,1-3H3. The number of carbonyl (C=O) groups excluding carboxylic acids is 1. The summed E-state index contributed by atoms with van der Waals surface area (Å²) in [6.07, 6.45) is 2.72. The minimum absolute atomic E-state index is 0.0550. The van der Waals surface area contributed by atoms with Gasteiger partial charge >= 0.3 is 0 Å². The SMILES string of the molecule is Cc1noc(C)c1CC(=O)N1CCc2c(c(-c3nncn3-c3ccccc3)nn2C)C1. The van der Waals surface area contributed by atoms with E-state index >= 15 is 0 Å². The van der Waals surface area contributed by atoms with E-state index in [1.165, 1.54) is 0 Å². The van der Waals surface area contributed by atoms with Crippen LogP contribution in [0.2, 0.25) is 0 Å². The predicted molar refractivity (Wildman–Crippen MR) is 112 cm³/mol. The van der Waals surface area contributed by atoms with Crippen LogP contribution in [-0.4, -0.2) is 47.1 Å². The predicted octanol–water partition coefficient (Wildman–Crippen LogP) is 2.40. The molecule has 4 heterocycles. The zero-order valence-electron chi connectivity index (χ0n) is 17.7. The Balaban J connectivity index is 1.47. The van der Waals surface area contributed by atoms with Crippen LogP contribution >= 0.6 is 0 Å². The number of aryl methyl sites for hydroxylation is 3. The van der Waals surface area contributed by atoms with E-state index in [9.17, 15) is 4.79 Å². The highest BCUT2D eigenvalue weighted by Crippen LogP contribution is 2.30. The number of benzene rings is 1. The second-order valence-electron chi connectivity index (χ2n) is 7.80. The van der Waals surface area contributed by atoms with E-state index in [1.54, 1.807) is 6.33 Å². The summed E-state index contributed by atoms with van der Waals surface area (Å²) in [5, 5.41) is 17.2. The molecule has 0 N–H and O–H groups in total. The van der Waals surface area contributed by atoms with Gasteiger partial charge in [0.15, 0.2) is 5.82 Å². The second kappa shape index (κ2) is 7.50. The van der Waals surface area contributed by atoms with Crippen molar-refractivity contribution in [1.29, 1.82) is 0 Å². The number of para-hydroxylation sites is 1. The minimum Gasteiger partial charge on any atom is -0.361 e. The summed E-state index contributed by atoms with van der Waals surface area (Å²) in [5.41, 5.74) is 5.50. The van der Waals surface area contributed by atoms with Gasteiger partial charge in [0, 0.05) is 49.1 Å². The quantitative estimate of drug-likeness (QED) is 0.506. The van der Waals surface area contributed by atoms with E-state index in [-0.39, 0.29) is 12.3 Å². The van der Waals surface area contributed by atoms with Gasteiger partial charge in [0.2, 0.25) is 5.91 Å². The van der Waals surface area contributed by atoms with Crippen LogP contribution in [0.1, 0.15) is 28.3 Å². The van der Waals surface area contributed by atoms with E-state index in [4.69, 9.17) is 9.62 Å². The molecule has 5 rings (SSSR count). The van der Waals surface area contributed by atoms with Crippen molar-refractivity contribution in [1.82, 2.24) is 34.6 Å². The summed E-state index contributed by atoms with van der Waals surface area (Å²) in [6.45, 7) is 4.84. The topological polar surface area (TPSA) is 94.9 Å². The molecule has 9 heteroatoms. The smallest absolute Gasteiger partial charge is 0.227 e. The van der Waals surface area contributed by atoms with E-state index in [0.717, 1.165) is 40.3 Å². The third kappa shape index (κ3) is 3.31. The number of nitrogens with zero attached hydrogens (tertiary/aromatic N) is 7. The number of fused-ring (bicyclic) bond motifs is 1.